The Morgan fingerprint density at radius 3 is 2.88 bits per heavy atom. The Morgan fingerprint density at radius 2 is 2.15 bits per heavy atom. The van der Waals surface area contributed by atoms with Crippen molar-refractivity contribution >= 4 is 5.91 Å². The molecule has 2 heterocycles. The van der Waals surface area contributed by atoms with Crippen LogP contribution in [0, 0.1) is 0 Å². The zero-order valence-electron chi connectivity index (χ0n) is 16.0. The van der Waals surface area contributed by atoms with Crippen molar-refractivity contribution in [3.8, 4) is 5.69 Å². The number of benzene rings is 1. The molecule has 6 nitrogen and oxygen atoms in total. The van der Waals surface area contributed by atoms with Gasteiger partial charge < -0.3 is 15.1 Å². The molecule has 0 radical (unpaired) electrons. The molecule has 0 spiro atoms. The van der Waals surface area contributed by atoms with Crippen molar-refractivity contribution in [1.82, 2.24) is 24.9 Å². The number of hydrogen-bond acceptors (Lipinski definition) is 4. The number of para-hydroxylation sites is 1. The highest BCUT2D eigenvalue weighted by molar-refractivity contribution is 5.97. The van der Waals surface area contributed by atoms with Gasteiger partial charge >= 0.3 is 0 Å². The first-order chi connectivity index (χ1) is 12.5. The van der Waals surface area contributed by atoms with E-state index in [0.29, 0.717) is 18.2 Å². The smallest absolute Gasteiger partial charge is 0.253 e. The van der Waals surface area contributed by atoms with E-state index in [1.807, 2.05) is 50.8 Å². The lowest BCUT2D eigenvalue weighted by Gasteiger charge is -2.19. The van der Waals surface area contributed by atoms with Gasteiger partial charge in [0.25, 0.3) is 5.91 Å². The van der Waals surface area contributed by atoms with Gasteiger partial charge in [0, 0.05) is 30.9 Å². The highest BCUT2D eigenvalue weighted by Gasteiger charge is 2.21. The van der Waals surface area contributed by atoms with Crippen LogP contribution in [0.15, 0.2) is 36.7 Å². The molecule has 3 rings (SSSR count). The first-order valence-corrected chi connectivity index (χ1v) is 9.30. The summed E-state index contributed by atoms with van der Waals surface area (Å²) in [5.74, 6) is -0.0362. The SMILES string of the molecule is CN(C)Cc1cnn(-c2ccccc2C(=O)NCC[C@@H]2CCCN2C)c1. The van der Waals surface area contributed by atoms with Gasteiger partial charge in [-0.25, -0.2) is 4.68 Å². The average Bonchev–Trinajstić information content (AvgIpc) is 3.23. The lowest BCUT2D eigenvalue weighted by atomic mass is 10.1. The Morgan fingerprint density at radius 1 is 1.35 bits per heavy atom. The third-order valence-corrected chi connectivity index (χ3v) is 4.96. The second-order valence-corrected chi connectivity index (χ2v) is 7.37. The van der Waals surface area contributed by atoms with Gasteiger partial charge in [0.1, 0.15) is 0 Å². The topological polar surface area (TPSA) is 53.4 Å². The van der Waals surface area contributed by atoms with Crippen LogP contribution in [0.5, 0.6) is 0 Å². The van der Waals surface area contributed by atoms with E-state index in [9.17, 15) is 4.79 Å². The molecular formula is C20H29N5O. The summed E-state index contributed by atoms with van der Waals surface area (Å²) in [6.07, 6.45) is 7.32. The summed E-state index contributed by atoms with van der Waals surface area (Å²) in [7, 11) is 6.22. The molecule has 6 heteroatoms. The van der Waals surface area contributed by atoms with Gasteiger partial charge in [-0.1, -0.05) is 12.1 Å². The van der Waals surface area contributed by atoms with Crippen LogP contribution in [-0.4, -0.2) is 65.8 Å². The number of hydrogen-bond donors (Lipinski definition) is 1. The van der Waals surface area contributed by atoms with Crippen LogP contribution in [0.3, 0.4) is 0 Å². The minimum atomic E-state index is -0.0362. The normalized spacial score (nSPS) is 17.8. The molecule has 0 unspecified atom stereocenters. The molecule has 26 heavy (non-hydrogen) atoms. The molecule has 1 amide bonds. The standard InChI is InChI=1S/C20H29N5O/c1-23(2)14-16-13-22-25(15-16)19-9-5-4-8-18(19)20(26)21-11-10-17-7-6-12-24(17)3/h4-5,8-9,13,15,17H,6-7,10-12,14H2,1-3H3,(H,21,26)/t17-/m0/s1. The molecule has 1 saturated heterocycles. The number of rotatable bonds is 7. The summed E-state index contributed by atoms with van der Waals surface area (Å²) in [6, 6.07) is 8.22. The zero-order chi connectivity index (χ0) is 18.5. The third kappa shape index (κ3) is 4.51. The Hall–Kier alpha value is -2.18. The van der Waals surface area contributed by atoms with Crippen molar-refractivity contribution in [3.05, 3.63) is 47.8 Å². The minimum Gasteiger partial charge on any atom is -0.352 e. The molecule has 0 saturated carbocycles. The second-order valence-electron chi connectivity index (χ2n) is 7.37. The first kappa shape index (κ1) is 18.6. The molecule has 2 aromatic rings. The van der Waals surface area contributed by atoms with Gasteiger partial charge in [0.2, 0.25) is 0 Å². The first-order valence-electron chi connectivity index (χ1n) is 9.30. The predicted octanol–water partition coefficient (Wildman–Crippen LogP) is 2.15. The van der Waals surface area contributed by atoms with E-state index in [2.05, 4.69) is 27.3 Å². The van der Waals surface area contributed by atoms with Crippen molar-refractivity contribution in [2.75, 3.05) is 34.2 Å². The maximum atomic E-state index is 12.7. The second kappa shape index (κ2) is 8.47. The maximum absolute atomic E-state index is 12.7. The molecular weight excluding hydrogens is 326 g/mol. The molecule has 0 bridgehead atoms. The average molecular weight is 355 g/mol. The van der Waals surface area contributed by atoms with Gasteiger partial charge in [0.15, 0.2) is 0 Å². The molecule has 1 fully saturated rings. The van der Waals surface area contributed by atoms with Crippen molar-refractivity contribution in [1.29, 1.82) is 0 Å². The van der Waals surface area contributed by atoms with Crippen LogP contribution in [0.25, 0.3) is 5.69 Å². The molecule has 1 atom stereocenters. The van der Waals surface area contributed by atoms with Gasteiger partial charge in [-0.05, 0) is 59.1 Å². The van der Waals surface area contributed by atoms with E-state index in [-0.39, 0.29) is 5.91 Å². The zero-order valence-corrected chi connectivity index (χ0v) is 16.0. The highest BCUT2D eigenvalue weighted by Crippen LogP contribution is 2.18. The summed E-state index contributed by atoms with van der Waals surface area (Å²) < 4.78 is 1.79. The van der Waals surface area contributed by atoms with E-state index < -0.39 is 0 Å². The fraction of sp³-hybridized carbons (Fsp3) is 0.500. The fourth-order valence-corrected chi connectivity index (χ4v) is 3.60. The minimum absolute atomic E-state index is 0.0362. The summed E-state index contributed by atoms with van der Waals surface area (Å²) in [5, 5.41) is 7.52. The number of nitrogens with one attached hydrogen (secondary N) is 1. The summed E-state index contributed by atoms with van der Waals surface area (Å²) in [6.45, 7) is 2.69. The predicted molar refractivity (Wildman–Crippen MR) is 104 cm³/mol. The largest absolute Gasteiger partial charge is 0.352 e. The van der Waals surface area contributed by atoms with E-state index in [4.69, 9.17) is 0 Å². The van der Waals surface area contributed by atoms with Crippen LogP contribution >= 0.6 is 0 Å². The van der Waals surface area contributed by atoms with Gasteiger partial charge in [-0.15, -0.1) is 0 Å². The third-order valence-electron chi connectivity index (χ3n) is 4.96. The molecule has 0 aliphatic carbocycles. The highest BCUT2D eigenvalue weighted by atomic mass is 16.1. The summed E-state index contributed by atoms with van der Waals surface area (Å²) in [5.41, 5.74) is 2.59. The number of nitrogens with zero attached hydrogens (tertiary/aromatic N) is 4. The van der Waals surface area contributed by atoms with Crippen molar-refractivity contribution in [2.45, 2.75) is 31.8 Å². The summed E-state index contributed by atoms with van der Waals surface area (Å²) in [4.78, 5) is 17.2. The van der Waals surface area contributed by atoms with E-state index in [1.54, 1.807) is 4.68 Å². The van der Waals surface area contributed by atoms with Gasteiger partial charge in [-0.2, -0.15) is 5.10 Å². The number of carbonyl (C=O) groups excluding carboxylic acids is 1. The van der Waals surface area contributed by atoms with Crippen molar-refractivity contribution < 1.29 is 4.79 Å². The Balaban J connectivity index is 1.66. The fourth-order valence-electron chi connectivity index (χ4n) is 3.60. The van der Waals surface area contributed by atoms with Gasteiger partial charge in [0.05, 0.1) is 17.4 Å². The monoisotopic (exact) mass is 355 g/mol. The number of amides is 1. The van der Waals surface area contributed by atoms with E-state index in [0.717, 1.165) is 30.8 Å². The molecule has 1 aliphatic rings. The van der Waals surface area contributed by atoms with Crippen LogP contribution in [0.1, 0.15) is 35.2 Å². The molecule has 1 aromatic heterocycles. The molecule has 1 aliphatic heterocycles. The number of aromatic nitrogens is 2. The quantitative estimate of drug-likeness (QED) is 0.827. The van der Waals surface area contributed by atoms with E-state index in [1.165, 1.54) is 12.8 Å². The Kier molecular flexibility index (Phi) is 6.06. The van der Waals surface area contributed by atoms with E-state index >= 15 is 0 Å². The van der Waals surface area contributed by atoms with Crippen molar-refractivity contribution in [2.24, 2.45) is 0 Å². The Labute approximate surface area is 155 Å². The van der Waals surface area contributed by atoms with Crippen LogP contribution in [0.4, 0.5) is 0 Å². The lowest BCUT2D eigenvalue weighted by Crippen LogP contribution is -2.32. The lowest BCUT2D eigenvalue weighted by molar-refractivity contribution is 0.0950. The molecule has 140 valence electrons. The molecule has 1 aromatic carbocycles. The Bertz CT molecular complexity index is 739. The maximum Gasteiger partial charge on any atom is 0.253 e. The van der Waals surface area contributed by atoms with Crippen LogP contribution < -0.4 is 5.32 Å². The van der Waals surface area contributed by atoms with Crippen molar-refractivity contribution in [3.63, 3.8) is 0 Å². The number of carbonyl (C=O) groups is 1. The van der Waals surface area contributed by atoms with Crippen LogP contribution in [0.2, 0.25) is 0 Å². The number of likely N-dealkylation sites (tertiary alicyclic amines) is 1. The van der Waals surface area contributed by atoms with Gasteiger partial charge in [-0.3, -0.25) is 4.79 Å². The van der Waals surface area contributed by atoms with Crippen LogP contribution in [-0.2, 0) is 6.54 Å². The molecule has 1 N–H and O–H groups in total. The summed E-state index contributed by atoms with van der Waals surface area (Å²) >= 11 is 0.